The van der Waals surface area contributed by atoms with Gasteiger partial charge < -0.3 is 14.8 Å². The van der Waals surface area contributed by atoms with E-state index in [1.807, 2.05) is 0 Å². The third-order valence-corrected chi connectivity index (χ3v) is 6.55. The van der Waals surface area contributed by atoms with Gasteiger partial charge in [-0.05, 0) is 54.8 Å². The first-order valence-corrected chi connectivity index (χ1v) is 12.3. The second-order valence-electron chi connectivity index (χ2n) is 9.02. The average Bonchev–Trinajstić information content (AvgIpc) is 2.93. The van der Waals surface area contributed by atoms with Gasteiger partial charge >= 0.3 is 0 Å². The lowest BCUT2D eigenvalue weighted by molar-refractivity contribution is -0.123. The first kappa shape index (κ1) is 23.8. The predicted molar refractivity (Wildman–Crippen MR) is 133 cm³/mol. The molecule has 1 aromatic heterocycles. The fourth-order valence-electron chi connectivity index (χ4n) is 4.77. The number of anilines is 1. The van der Waals surface area contributed by atoms with Crippen LogP contribution < -0.4 is 19.7 Å². The summed E-state index contributed by atoms with van der Waals surface area (Å²) in [6.07, 6.45) is 6.55. The molecule has 36 heavy (non-hydrogen) atoms. The third-order valence-electron chi connectivity index (χ3n) is 6.55. The molecular formula is C28H28FN3O4. The lowest BCUT2D eigenvalue weighted by Crippen LogP contribution is -2.47. The van der Waals surface area contributed by atoms with E-state index in [0.29, 0.717) is 36.0 Å². The van der Waals surface area contributed by atoms with Gasteiger partial charge in [0.1, 0.15) is 30.8 Å². The first-order chi connectivity index (χ1) is 17.6. The number of nitrogens with zero attached hydrogens (tertiary/aromatic N) is 2. The Morgan fingerprint density at radius 3 is 2.42 bits per heavy atom. The number of amides is 2. The molecule has 8 heteroatoms. The van der Waals surface area contributed by atoms with Crippen molar-refractivity contribution in [3.63, 3.8) is 0 Å². The number of rotatable bonds is 6. The van der Waals surface area contributed by atoms with E-state index < -0.39 is 17.8 Å². The molecule has 0 radical (unpaired) electrons. The number of ether oxygens (including phenoxy) is 2. The zero-order valence-electron chi connectivity index (χ0n) is 19.9. The van der Waals surface area contributed by atoms with Crippen LogP contribution in [0.25, 0.3) is 0 Å². The smallest absolute Gasteiger partial charge is 0.277 e. The molecule has 0 spiro atoms. The predicted octanol–water partition coefficient (Wildman–Crippen LogP) is 4.83. The van der Waals surface area contributed by atoms with E-state index in [1.165, 1.54) is 35.4 Å². The molecule has 1 aliphatic heterocycles. The Labute approximate surface area is 209 Å². The molecule has 1 atom stereocenters. The molecule has 1 N–H and O–H groups in total. The minimum Gasteiger partial charge on any atom is -0.486 e. The number of pyridine rings is 1. The normalized spacial score (nSPS) is 16.1. The van der Waals surface area contributed by atoms with Crippen molar-refractivity contribution < 1.29 is 23.5 Å². The second kappa shape index (κ2) is 10.8. The van der Waals surface area contributed by atoms with Crippen LogP contribution in [0.4, 0.5) is 10.1 Å². The van der Waals surface area contributed by atoms with Crippen molar-refractivity contribution in [2.45, 2.75) is 44.2 Å². The van der Waals surface area contributed by atoms with Crippen LogP contribution in [0.3, 0.4) is 0 Å². The summed E-state index contributed by atoms with van der Waals surface area (Å²) in [5.74, 6) is -0.150. The summed E-state index contributed by atoms with van der Waals surface area (Å²) in [5, 5.41) is 3.15. The molecule has 5 rings (SSSR count). The van der Waals surface area contributed by atoms with Crippen LogP contribution in [0.1, 0.15) is 54.2 Å². The Morgan fingerprint density at radius 2 is 1.69 bits per heavy atom. The summed E-state index contributed by atoms with van der Waals surface area (Å²) in [4.78, 5) is 33.4. The van der Waals surface area contributed by atoms with Gasteiger partial charge in [0.05, 0.1) is 0 Å². The molecule has 0 saturated heterocycles. The lowest BCUT2D eigenvalue weighted by Gasteiger charge is -2.34. The van der Waals surface area contributed by atoms with E-state index in [0.717, 1.165) is 32.1 Å². The minimum absolute atomic E-state index is 0.0290. The minimum atomic E-state index is -1.05. The number of aromatic nitrogens is 1. The van der Waals surface area contributed by atoms with Gasteiger partial charge in [0.2, 0.25) is 5.91 Å². The van der Waals surface area contributed by atoms with Crippen molar-refractivity contribution >= 4 is 17.5 Å². The SMILES string of the molecule is O=C(NC1CCCCC1)C(c1ccc(F)cc1)N(C(=O)c1ccccn1)c1ccc2c(c1)OCCO2. The van der Waals surface area contributed by atoms with Crippen molar-refractivity contribution in [1.82, 2.24) is 10.3 Å². The highest BCUT2D eigenvalue weighted by molar-refractivity contribution is 6.09. The first-order valence-electron chi connectivity index (χ1n) is 12.3. The van der Waals surface area contributed by atoms with E-state index in [-0.39, 0.29) is 17.6 Å². The molecule has 7 nitrogen and oxygen atoms in total. The summed E-state index contributed by atoms with van der Waals surface area (Å²) in [6.45, 7) is 0.819. The Kier molecular flexibility index (Phi) is 7.11. The van der Waals surface area contributed by atoms with Crippen LogP contribution in [0, 0.1) is 5.82 Å². The van der Waals surface area contributed by atoms with E-state index >= 15 is 0 Å². The standard InChI is InChI=1S/C28H28FN3O4/c29-20-11-9-19(10-12-20)26(27(33)31-21-6-2-1-3-7-21)32(28(34)23-8-4-5-15-30-23)22-13-14-24-25(18-22)36-17-16-35-24/h4-5,8-15,18,21,26H,1-3,6-7,16-17H2,(H,31,33). The highest BCUT2D eigenvalue weighted by Crippen LogP contribution is 2.38. The lowest BCUT2D eigenvalue weighted by atomic mass is 9.94. The maximum Gasteiger partial charge on any atom is 0.277 e. The van der Waals surface area contributed by atoms with E-state index in [2.05, 4.69) is 10.3 Å². The van der Waals surface area contributed by atoms with Gasteiger partial charge in [-0.2, -0.15) is 0 Å². The van der Waals surface area contributed by atoms with Crippen LogP contribution in [0.15, 0.2) is 66.9 Å². The fourth-order valence-corrected chi connectivity index (χ4v) is 4.77. The number of nitrogens with one attached hydrogen (secondary N) is 1. The van der Waals surface area contributed by atoms with Crippen LogP contribution in [-0.2, 0) is 4.79 Å². The Balaban J connectivity index is 1.60. The summed E-state index contributed by atoms with van der Waals surface area (Å²) in [5.41, 5.74) is 1.12. The number of benzene rings is 2. The topological polar surface area (TPSA) is 80.8 Å². The van der Waals surface area contributed by atoms with Crippen molar-refractivity contribution in [1.29, 1.82) is 0 Å². The van der Waals surface area contributed by atoms with Crippen molar-refractivity contribution in [3.8, 4) is 11.5 Å². The molecule has 2 aromatic carbocycles. The largest absolute Gasteiger partial charge is 0.486 e. The number of carbonyl (C=O) groups excluding carboxylic acids is 2. The number of hydrogen-bond donors (Lipinski definition) is 1. The number of halogens is 1. The Hall–Kier alpha value is -3.94. The third kappa shape index (κ3) is 5.17. The quantitative estimate of drug-likeness (QED) is 0.537. The molecular weight excluding hydrogens is 461 g/mol. The summed E-state index contributed by atoms with van der Waals surface area (Å²) in [7, 11) is 0. The molecule has 1 unspecified atom stereocenters. The molecule has 1 saturated carbocycles. The molecule has 2 aliphatic rings. The van der Waals surface area contributed by atoms with Gasteiger partial charge in [0.15, 0.2) is 11.5 Å². The van der Waals surface area contributed by atoms with Crippen LogP contribution in [0.5, 0.6) is 11.5 Å². The van der Waals surface area contributed by atoms with E-state index in [9.17, 15) is 14.0 Å². The number of hydrogen-bond acceptors (Lipinski definition) is 5. The van der Waals surface area contributed by atoms with E-state index in [4.69, 9.17) is 9.47 Å². The van der Waals surface area contributed by atoms with Gasteiger partial charge in [0, 0.05) is 24.0 Å². The fraction of sp³-hybridized carbons (Fsp3) is 0.321. The van der Waals surface area contributed by atoms with Gasteiger partial charge in [-0.15, -0.1) is 0 Å². The van der Waals surface area contributed by atoms with Crippen molar-refractivity contribution in [3.05, 3.63) is 83.9 Å². The molecule has 186 valence electrons. The Bertz CT molecular complexity index is 1210. The summed E-state index contributed by atoms with van der Waals surface area (Å²) < 4.78 is 25.2. The van der Waals surface area contributed by atoms with E-state index in [1.54, 1.807) is 36.4 Å². The summed E-state index contributed by atoms with van der Waals surface area (Å²) in [6, 6.07) is 14.8. The van der Waals surface area contributed by atoms with Gasteiger partial charge in [-0.1, -0.05) is 37.5 Å². The molecule has 3 aromatic rings. The van der Waals surface area contributed by atoms with Crippen molar-refractivity contribution in [2.24, 2.45) is 0 Å². The molecule has 0 bridgehead atoms. The number of fused-ring (bicyclic) bond motifs is 1. The zero-order chi connectivity index (χ0) is 24.9. The van der Waals surface area contributed by atoms with Crippen molar-refractivity contribution in [2.75, 3.05) is 18.1 Å². The van der Waals surface area contributed by atoms with Crippen LogP contribution >= 0.6 is 0 Å². The maximum atomic E-state index is 13.9. The van der Waals surface area contributed by atoms with Crippen LogP contribution in [0.2, 0.25) is 0 Å². The molecule has 1 fully saturated rings. The highest BCUT2D eigenvalue weighted by Gasteiger charge is 2.35. The molecule has 2 amide bonds. The summed E-state index contributed by atoms with van der Waals surface area (Å²) >= 11 is 0. The number of carbonyl (C=O) groups is 2. The van der Waals surface area contributed by atoms with Gasteiger partial charge in [0.25, 0.3) is 5.91 Å². The van der Waals surface area contributed by atoms with Gasteiger partial charge in [-0.3, -0.25) is 19.5 Å². The highest BCUT2D eigenvalue weighted by atomic mass is 19.1. The molecule has 1 aliphatic carbocycles. The monoisotopic (exact) mass is 489 g/mol. The molecule has 2 heterocycles. The zero-order valence-corrected chi connectivity index (χ0v) is 19.9. The van der Waals surface area contributed by atoms with Crippen LogP contribution in [-0.4, -0.2) is 36.1 Å². The van der Waals surface area contributed by atoms with Gasteiger partial charge in [-0.25, -0.2) is 4.39 Å². The Morgan fingerprint density at radius 1 is 0.944 bits per heavy atom. The second-order valence-corrected chi connectivity index (χ2v) is 9.02. The maximum absolute atomic E-state index is 13.9. The average molecular weight is 490 g/mol.